The molecule has 16 N–H and O–H groups in total. The van der Waals surface area contributed by atoms with Crippen LogP contribution in [0.15, 0.2) is 30.3 Å². The average molecular weight is 981 g/mol. The molecule has 0 spiro atoms. The third-order valence-electron chi connectivity index (χ3n) is 10.0. The van der Waals surface area contributed by atoms with Crippen LogP contribution >= 0.6 is 0 Å². The first-order chi connectivity index (χ1) is 32.2. The summed E-state index contributed by atoms with van der Waals surface area (Å²) in [6.45, 7) is 6.27. The molecular formula is C42H64N10O17. The maximum absolute atomic E-state index is 13.6. The Balaban J connectivity index is 3.12. The number of hydrogen-bond acceptors (Lipinski definition) is 15. The summed E-state index contributed by atoms with van der Waals surface area (Å²) in [4.78, 5) is 152. The van der Waals surface area contributed by atoms with Gasteiger partial charge in [-0.1, -0.05) is 58.0 Å². The van der Waals surface area contributed by atoms with E-state index in [0.29, 0.717) is 5.56 Å². The molecule has 27 nitrogen and oxygen atoms in total. The van der Waals surface area contributed by atoms with E-state index in [4.69, 9.17) is 5.73 Å². The van der Waals surface area contributed by atoms with Crippen molar-refractivity contribution in [2.24, 2.45) is 17.6 Å². The van der Waals surface area contributed by atoms with E-state index in [2.05, 4.69) is 42.5 Å². The smallest absolute Gasteiger partial charge is 0.328 e. The molecule has 1 aromatic rings. The Bertz CT molecular complexity index is 2000. The molecular weight excluding hydrogens is 917 g/mol. The number of carboxylic acid groups (broad SMARTS) is 3. The fraction of sp³-hybridized carbons (Fsp3) is 0.571. The van der Waals surface area contributed by atoms with Gasteiger partial charge in [0.15, 0.2) is 0 Å². The Morgan fingerprint density at radius 2 is 1.00 bits per heavy atom. The van der Waals surface area contributed by atoms with Crippen molar-refractivity contribution in [1.29, 1.82) is 0 Å². The molecule has 0 unspecified atom stereocenters. The Morgan fingerprint density at radius 1 is 0.507 bits per heavy atom. The first-order valence-electron chi connectivity index (χ1n) is 21.6. The molecule has 0 aliphatic rings. The lowest BCUT2D eigenvalue weighted by Crippen LogP contribution is -2.60. The lowest BCUT2D eigenvalue weighted by Gasteiger charge is -2.26. The summed E-state index contributed by atoms with van der Waals surface area (Å²) < 4.78 is 0. The van der Waals surface area contributed by atoms with Crippen molar-refractivity contribution < 1.29 is 83.1 Å². The van der Waals surface area contributed by atoms with Crippen molar-refractivity contribution in [3.8, 4) is 0 Å². The van der Waals surface area contributed by atoms with E-state index in [9.17, 15) is 83.1 Å². The number of nitrogens with two attached hydrogens (primary N) is 1. The highest BCUT2D eigenvalue weighted by molar-refractivity contribution is 5.98. The number of benzene rings is 1. The lowest BCUT2D eigenvalue weighted by atomic mass is 10.0. The molecule has 0 saturated heterocycles. The summed E-state index contributed by atoms with van der Waals surface area (Å²) >= 11 is 0. The zero-order valence-electron chi connectivity index (χ0n) is 38.9. The molecule has 9 amide bonds. The zero-order chi connectivity index (χ0) is 52.7. The highest BCUT2D eigenvalue weighted by Crippen LogP contribution is 2.08. The maximum Gasteiger partial charge on any atom is 0.328 e. The molecule has 69 heavy (non-hydrogen) atoms. The van der Waals surface area contributed by atoms with Crippen LogP contribution in [0.4, 0.5) is 0 Å². The lowest BCUT2D eigenvalue weighted by molar-refractivity contribution is -0.144. The number of carbonyl (C=O) groups excluding carboxylic acids is 9. The number of aliphatic carboxylic acids is 3. The molecule has 9 atom stereocenters. The van der Waals surface area contributed by atoms with E-state index in [1.807, 2.05) is 5.32 Å². The largest absolute Gasteiger partial charge is 0.481 e. The number of aliphatic hydroxyl groups excluding tert-OH is 2. The van der Waals surface area contributed by atoms with Gasteiger partial charge in [-0.25, -0.2) is 4.79 Å². The monoisotopic (exact) mass is 980 g/mol. The first-order valence-corrected chi connectivity index (χ1v) is 21.6. The minimum absolute atomic E-state index is 0.215. The number of rotatable bonds is 30. The van der Waals surface area contributed by atoms with Gasteiger partial charge in [0.25, 0.3) is 0 Å². The van der Waals surface area contributed by atoms with E-state index in [1.54, 1.807) is 45.9 Å². The van der Waals surface area contributed by atoms with Gasteiger partial charge < -0.3 is 79.1 Å². The quantitative estimate of drug-likeness (QED) is 0.0342. The number of hydrogen-bond donors (Lipinski definition) is 15. The van der Waals surface area contributed by atoms with Crippen molar-refractivity contribution >= 4 is 71.1 Å². The van der Waals surface area contributed by atoms with Crippen LogP contribution in [0.25, 0.3) is 0 Å². The van der Waals surface area contributed by atoms with Crippen molar-refractivity contribution in [2.75, 3.05) is 19.8 Å². The topological polar surface area (TPSA) is 440 Å². The molecule has 0 saturated carbocycles. The van der Waals surface area contributed by atoms with Gasteiger partial charge in [0.05, 0.1) is 32.2 Å². The molecule has 1 rings (SSSR count). The van der Waals surface area contributed by atoms with Crippen LogP contribution in [-0.4, -0.2) is 171 Å². The van der Waals surface area contributed by atoms with Gasteiger partial charge in [-0.05, 0) is 37.7 Å². The molecule has 0 aliphatic carbocycles. The van der Waals surface area contributed by atoms with Crippen molar-refractivity contribution in [2.45, 2.75) is 122 Å². The SMILES string of the molecule is CC(C)[C@H](N)C(=O)N[C@@H](C)C(=O)N[C@H](C(=O)N[C@@H](C)C(=O)NCC(=O)N[C@@H](CCC(=O)O)C(=O)N[C@@H](CO)C(=O)N[C@@H](Cc1ccccc1)C(=O)N[C@@H](CC(=O)O)C(=O)N[C@@H](CO)C(=O)O)C(C)C. The van der Waals surface area contributed by atoms with Gasteiger partial charge in [0.2, 0.25) is 53.2 Å². The summed E-state index contributed by atoms with van der Waals surface area (Å²) in [5.74, 6) is -14.4. The van der Waals surface area contributed by atoms with Gasteiger partial charge in [0, 0.05) is 12.8 Å². The minimum atomic E-state index is -1.93. The molecule has 27 heteroatoms. The second-order valence-corrected chi connectivity index (χ2v) is 16.5. The molecule has 0 radical (unpaired) electrons. The van der Waals surface area contributed by atoms with Gasteiger partial charge in [-0.2, -0.15) is 0 Å². The highest BCUT2D eigenvalue weighted by Gasteiger charge is 2.34. The summed E-state index contributed by atoms with van der Waals surface area (Å²) in [7, 11) is 0. The van der Waals surface area contributed by atoms with E-state index in [0.717, 1.165) is 0 Å². The Kier molecular flexibility index (Phi) is 25.5. The van der Waals surface area contributed by atoms with Crippen molar-refractivity contribution in [3.63, 3.8) is 0 Å². The Morgan fingerprint density at radius 3 is 1.52 bits per heavy atom. The Hall–Kier alpha value is -7.26. The van der Waals surface area contributed by atoms with Crippen molar-refractivity contribution in [3.05, 3.63) is 35.9 Å². The van der Waals surface area contributed by atoms with Crippen LogP contribution in [0, 0.1) is 11.8 Å². The normalized spacial score (nSPS) is 14.9. The van der Waals surface area contributed by atoms with Crippen LogP contribution in [-0.2, 0) is 64.0 Å². The first kappa shape index (κ1) is 59.8. The molecule has 0 fully saturated rings. The number of aliphatic hydroxyl groups is 2. The van der Waals surface area contributed by atoms with E-state index >= 15 is 0 Å². The molecule has 384 valence electrons. The summed E-state index contributed by atoms with van der Waals surface area (Å²) in [6, 6.07) is -5.65. The third kappa shape index (κ3) is 21.5. The van der Waals surface area contributed by atoms with Gasteiger partial charge in [-0.3, -0.25) is 52.7 Å². The predicted octanol–water partition coefficient (Wildman–Crippen LogP) is -5.69. The molecule has 0 heterocycles. The van der Waals surface area contributed by atoms with E-state index < -0.39 is 170 Å². The number of carboxylic acids is 3. The predicted molar refractivity (Wildman–Crippen MR) is 239 cm³/mol. The number of nitrogens with one attached hydrogen (secondary N) is 9. The summed E-state index contributed by atoms with van der Waals surface area (Å²) in [6.07, 6.45) is -2.68. The average Bonchev–Trinajstić information content (AvgIpc) is 3.27. The second-order valence-electron chi connectivity index (χ2n) is 16.5. The zero-order valence-corrected chi connectivity index (χ0v) is 38.9. The third-order valence-corrected chi connectivity index (χ3v) is 10.0. The summed E-state index contributed by atoms with van der Waals surface area (Å²) in [5.41, 5.74) is 6.25. The number of carbonyl (C=O) groups is 12. The van der Waals surface area contributed by atoms with Crippen LogP contribution in [0.1, 0.15) is 66.4 Å². The Labute approximate surface area is 396 Å². The molecule has 0 bridgehead atoms. The van der Waals surface area contributed by atoms with Gasteiger partial charge >= 0.3 is 17.9 Å². The highest BCUT2D eigenvalue weighted by atomic mass is 16.4. The fourth-order valence-electron chi connectivity index (χ4n) is 5.87. The molecule has 0 aliphatic heterocycles. The standard InChI is InChI=1S/C42H64N10O17/c1-19(2)32(43)40(66)45-22(6)35(61)52-33(20(3)4)41(67)46-21(5)34(60)44-16-29(55)47-24(12-13-30(56)57)36(62)50-27(17-53)39(65)48-25(14-23-10-8-7-9-11-23)37(63)49-26(15-31(58)59)38(64)51-28(18-54)42(68)69/h7-11,19-22,24-28,32-33,53-54H,12-18,43H2,1-6H3,(H,44,60)(H,45,66)(H,46,67)(H,47,55)(H,48,65)(H,49,63)(H,50,62)(H,51,64)(H,52,61)(H,56,57)(H,58,59)(H,68,69)/t21-,22-,24-,25-,26-,27-,28-,32-,33-/m0/s1. The van der Waals surface area contributed by atoms with E-state index in [1.165, 1.54) is 26.0 Å². The van der Waals surface area contributed by atoms with Gasteiger partial charge in [-0.15, -0.1) is 0 Å². The van der Waals surface area contributed by atoms with Crippen molar-refractivity contribution in [1.82, 2.24) is 47.9 Å². The molecule has 0 aromatic heterocycles. The van der Waals surface area contributed by atoms with Crippen LogP contribution < -0.4 is 53.6 Å². The second kappa shape index (κ2) is 29.5. The van der Waals surface area contributed by atoms with Gasteiger partial charge in [0.1, 0.15) is 48.3 Å². The maximum atomic E-state index is 13.6. The van der Waals surface area contributed by atoms with Crippen LogP contribution in [0.2, 0.25) is 0 Å². The minimum Gasteiger partial charge on any atom is -0.481 e. The van der Waals surface area contributed by atoms with Crippen LogP contribution in [0.3, 0.4) is 0 Å². The summed E-state index contributed by atoms with van der Waals surface area (Å²) in [5, 5.41) is 67.6. The fourth-order valence-corrected chi connectivity index (χ4v) is 5.87. The van der Waals surface area contributed by atoms with Crippen LogP contribution in [0.5, 0.6) is 0 Å². The molecule has 1 aromatic carbocycles. The number of amides is 9. The van der Waals surface area contributed by atoms with E-state index in [-0.39, 0.29) is 12.3 Å².